The Balaban J connectivity index is 0.000000190. The molecule has 3 saturated heterocycles. The molecular weight excluding hydrogens is 608 g/mol. The van der Waals surface area contributed by atoms with E-state index in [1.807, 2.05) is 60.7 Å². The van der Waals surface area contributed by atoms with Crippen LogP contribution in [0.15, 0.2) is 60.7 Å². The van der Waals surface area contributed by atoms with Gasteiger partial charge in [0, 0.05) is 30.8 Å². The molecule has 1 aliphatic carbocycles. The zero-order chi connectivity index (χ0) is 34.1. The molecular formula is C39H52N2O7. The first-order valence-electron chi connectivity index (χ1n) is 17.7. The molecule has 4 fully saturated rings. The Hall–Kier alpha value is -3.26. The van der Waals surface area contributed by atoms with Gasteiger partial charge in [-0.05, 0) is 44.1 Å². The molecule has 0 aromatic heterocycles. The van der Waals surface area contributed by atoms with Crippen molar-refractivity contribution < 1.29 is 34.0 Å². The van der Waals surface area contributed by atoms with Gasteiger partial charge in [0.1, 0.15) is 24.2 Å². The number of carbonyl (C=O) groups excluding carboxylic acids is 2. The molecule has 0 radical (unpaired) electrons. The predicted molar refractivity (Wildman–Crippen MR) is 183 cm³/mol. The Kier molecular flexibility index (Phi) is 12.7. The van der Waals surface area contributed by atoms with E-state index in [0.717, 1.165) is 63.6 Å². The largest absolute Gasteiger partial charge is 0.462 e. The number of ether oxygens (including phenoxy) is 3. The van der Waals surface area contributed by atoms with E-state index in [4.69, 9.17) is 14.2 Å². The second kappa shape index (κ2) is 16.9. The molecule has 3 aliphatic heterocycles. The first-order valence-corrected chi connectivity index (χ1v) is 17.7. The number of epoxide rings is 1. The van der Waals surface area contributed by atoms with E-state index in [-0.39, 0.29) is 31.2 Å². The highest BCUT2D eigenvalue weighted by atomic mass is 16.6. The maximum absolute atomic E-state index is 12.8. The van der Waals surface area contributed by atoms with E-state index < -0.39 is 17.5 Å². The first-order chi connectivity index (χ1) is 23.3. The summed E-state index contributed by atoms with van der Waals surface area (Å²) in [6, 6.07) is 19.3. The molecule has 2 aromatic rings. The van der Waals surface area contributed by atoms with Crippen LogP contribution in [0.25, 0.3) is 0 Å². The van der Waals surface area contributed by atoms with Crippen LogP contribution >= 0.6 is 0 Å². The average molecular weight is 661 g/mol. The van der Waals surface area contributed by atoms with Gasteiger partial charge in [-0.25, -0.2) is 4.79 Å². The van der Waals surface area contributed by atoms with Crippen LogP contribution in [0.1, 0.15) is 75.8 Å². The van der Waals surface area contributed by atoms with Gasteiger partial charge in [0.05, 0.1) is 13.2 Å². The molecule has 6 rings (SSSR count). The summed E-state index contributed by atoms with van der Waals surface area (Å²) in [6.07, 6.45) is 7.18. The maximum atomic E-state index is 12.8. The van der Waals surface area contributed by atoms with E-state index in [0.29, 0.717) is 36.4 Å². The molecule has 2 unspecified atom stereocenters. The third kappa shape index (κ3) is 8.30. The number of carbonyl (C=O) groups is 2. The highest BCUT2D eigenvalue weighted by Gasteiger charge is 2.63. The number of aliphatic hydroxyl groups excluding tert-OH is 1. The summed E-state index contributed by atoms with van der Waals surface area (Å²) < 4.78 is 16.8. The van der Waals surface area contributed by atoms with Gasteiger partial charge in [-0.15, -0.1) is 0 Å². The van der Waals surface area contributed by atoms with Crippen molar-refractivity contribution in [3.63, 3.8) is 0 Å². The number of fused-ring (bicyclic) bond motifs is 5. The van der Waals surface area contributed by atoms with E-state index >= 15 is 0 Å². The first kappa shape index (κ1) is 36.0. The van der Waals surface area contributed by atoms with Crippen molar-refractivity contribution in [1.82, 2.24) is 9.80 Å². The number of hydrogen-bond acceptors (Lipinski definition) is 9. The van der Waals surface area contributed by atoms with Gasteiger partial charge in [0.25, 0.3) is 0 Å². The lowest BCUT2D eigenvalue weighted by Gasteiger charge is -2.38. The third-order valence-electron chi connectivity index (χ3n) is 10.6. The van der Waals surface area contributed by atoms with Crippen LogP contribution in [0.5, 0.6) is 0 Å². The summed E-state index contributed by atoms with van der Waals surface area (Å²) in [5.41, 5.74) is -0.160. The zero-order valence-corrected chi connectivity index (χ0v) is 28.6. The van der Waals surface area contributed by atoms with E-state index in [2.05, 4.69) is 42.5 Å². The standard InChI is InChI=1S/C22H31NO3.C17H21NO4/c1-3-23(4-2)17-11-12-18-26-21(24)22(25,19-13-7-5-8-14-19)20-15-9-6-10-16-20;1-18-13-7-11(8-14(18)16-15(13)22-16)21-17(20)12(9-19)10-5-3-2-4-6-10/h5,7-8,13-14,20,25H,3-4,6,9-10,15-18H2,1-2H3;2-6,11-16,19H,7-9H2,1H3/t;11?,12-,13-,14+,15-,16+/m.1/s1. The topological polar surface area (TPSA) is 112 Å². The summed E-state index contributed by atoms with van der Waals surface area (Å²) in [7, 11) is 2.13. The van der Waals surface area contributed by atoms with Crippen molar-refractivity contribution in [2.24, 2.45) is 5.92 Å². The summed E-state index contributed by atoms with van der Waals surface area (Å²) in [5.74, 6) is 4.33. The molecule has 9 nitrogen and oxygen atoms in total. The van der Waals surface area contributed by atoms with E-state index in [1.165, 1.54) is 0 Å². The van der Waals surface area contributed by atoms with Gasteiger partial charge >= 0.3 is 11.9 Å². The van der Waals surface area contributed by atoms with Crippen LogP contribution in [0.4, 0.5) is 0 Å². The van der Waals surface area contributed by atoms with Crippen LogP contribution < -0.4 is 0 Å². The molecule has 3 heterocycles. The Bertz CT molecular complexity index is 1370. The number of esters is 2. The number of morpholine rings is 1. The number of nitrogens with zero attached hydrogens (tertiary/aromatic N) is 2. The van der Waals surface area contributed by atoms with Crippen LogP contribution in [0, 0.1) is 17.8 Å². The minimum Gasteiger partial charge on any atom is -0.462 e. The fraction of sp³-hybridized carbons (Fsp3) is 0.590. The molecule has 2 aromatic carbocycles. The average Bonchev–Trinajstić information content (AvgIpc) is 3.90. The Morgan fingerprint density at radius 3 is 2.15 bits per heavy atom. The lowest BCUT2D eigenvalue weighted by molar-refractivity contribution is -0.174. The minimum absolute atomic E-state index is 0.0158. The number of hydrogen-bond donors (Lipinski definition) is 2. The fourth-order valence-corrected chi connectivity index (χ4v) is 7.65. The normalized spacial score (nSPS) is 26.5. The summed E-state index contributed by atoms with van der Waals surface area (Å²) >= 11 is 0. The zero-order valence-electron chi connectivity index (χ0n) is 28.6. The second-order valence-corrected chi connectivity index (χ2v) is 13.4. The van der Waals surface area contributed by atoms with Crippen molar-refractivity contribution >= 4 is 11.9 Å². The molecule has 0 amide bonds. The second-order valence-electron chi connectivity index (χ2n) is 13.4. The highest BCUT2D eigenvalue weighted by molar-refractivity contribution is 5.81. The predicted octanol–water partition coefficient (Wildman–Crippen LogP) is 4.26. The third-order valence-corrected chi connectivity index (χ3v) is 10.6. The summed E-state index contributed by atoms with van der Waals surface area (Å²) in [6.45, 7) is 6.53. The van der Waals surface area contributed by atoms with E-state index in [9.17, 15) is 19.8 Å². The molecule has 2 bridgehead atoms. The Labute approximate surface area is 285 Å². The van der Waals surface area contributed by atoms with Gasteiger partial charge in [0.15, 0.2) is 12.2 Å². The van der Waals surface area contributed by atoms with Crippen LogP contribution in [-0.4, -0.2) is 102 Å². The SMILES string of the molecule is CCN(CC)CC#CCOC(=O)C(O)(c1ccccc1)C1CCCCC1.CN1[C@@H]2CC(OC(=O)[C@H](CO)c3ccccc3)C[C@H]1[C@@H]1O[C@@H]12. The molecule has 1 saturated carbocycles. The number of piperidine rings is 1. The molecule has 9 heteroatoms. The maximum Gasteiger partial charge on any atom is 0.344 e. The summed E-state index contributed by atoms with van der Waals surface area (Å²) in [5, 5.41) is 20.9. The van der Waals surface area contributed by atoms with E-state index in [1.54, 1.807) is 0 Å². The Morgan fingerprint density at radius 1 is 0.958 bits per heavy atom. The molecule has 7 atom stereocenters. The molecule has 260 valence electrons. The number of likely N-dealkylation sites (N-methyl/N-ethyl adjacent to an activating group) is 1. The monoisotopic (exact) mass is 660 g/mol. The summed E-state index contributed by atoms with van der Waals surface area (Å²) in [4.78, 5) is 29.8. The Morgan fingerprint density at radius 2 is 1.56 bits per heavy atom. The van der Waals surface area contributed by atoms with Crippen molar-refractivity contribution in [1.29, 1.82) is 0 Å². The lowest BCUT2D eigenvalue weighted by Crippen LogP contribution is -2.48. The molecule has 0 spiro atoms. The molecule has 4 aliphatic rings. The van der Waals surface area contributed by atoms with Crippen molar-refractivity contribution in [3.05, 3.63) is 71.8 Å². The van der Waals surface area contributed by atoms with Crippen LogP contribution in [0.2, 0.25) is 0 Å². The fourth-order valence-electron chi connectivity index (χ4n) is 7.65. The van der Waals surface area contributed by atoms with Crippen molar-refractivity contribution in [2.45, 2.75) is 101 Å². The lowest BCUT2D eigenvalue weighted by atomic mass is 9.73. The quantitative estimate of drug-likeness (QED) is 0.208. The molecule has 48 heavy (non-hydrogen) atoms. The number of benzene rings is 2. The van der Waals surface area contributed by atoms with Gasteiger partial charge in [-0.2, -0.15) is 0 Å². The number of rotatable bonds is 11. The number of aliphatic hydroxyl groups is 2. The van der Waals surface area contributed by atoms with Crippen LogP contribution in [-0.2, 0) is 29.4 Å². The van der Waals surface area contributed by atoms with Gasteiger partial charge < -0.3 is 24.4 Å². The highest BCUT2D eigenvalue weighted by Crippen LogP contribution is 2.48. The molecule has 2 N–H and O–H groups in total. The minimum atomic E-state index is -1.58. The van der Waals surface area contributed by atoms with Gasteiger partial charge in [-0.1, -0.05) is 106 Å². The smallest absolute Gasteiger partial charge is 0.344 e. The van der Waals surface area contributed by atoms with Gasteiger partial charge in [0.2, 0.25) is 0 Å². The van der Waals surface area contributed by atoms with Crippen molar-refractivity contribution in [2.75, 3.05) is 39.9 Å². The van der Waals surface area contributed by atoms with Crippen molar-refractivity contribution in [3.8, 4) is 11.8 Å². The van der Waals surface area contributed by atoms with Gasteiger partial charge in [-0.3, -0.25) is 14.6 Å². The van der Waals surface area contributed by atoms with Crippen LogP contribution in [0.3, 0.4) is 0 Å².